The third-order valence-corrected chi connectivity index (χ3v) is 3.98. The van der Waals surface area contributed by atoms with Crippen LogP contribution in [0.2, 0.25) is 0 Å². The van der Waals surface area contributed by atoms with Crippen LogP contribution in [0.1, 0.15) is 42.5 Å². The lowest BCUT2D eigenvalue weighted by Gasteiger charge is -2.11. The summed E-state index contributed by atoms with van der Waals surface area (Å²) < 4.78 is 5.05. The summed E-state index contributed by atoms with van der Waals surface area (Å²) in [7, 11) is 1.59. The zero-order valence-corrected chi connectivity index (χ0v) is 14.2. The fourth-order valence-corrected chi connectivity index (χ4v) is 2.34. The van der Waals surface area contributed by atoms with Gasteiger partial charge in [0.1, 0.15) is 5.75 Å². The summed E-state index contributed by atoms with van der Waals surface area (Å²) in [5, 5.41) is 2.84. The van der Waals surface area contributed by atoms with Crippen molar-refractivity contribution in [2.75, 3.05) is 13.7 Å². The molecule has 128 valence electrons. The third-order valence-electron chi connectivity index (χ3n) is 3.98. The Hall–Kier alpha value is -1.59. The SMILES string of the molecule is COc1ccc(C(=O)CCCC(=O)NCC(N)C2CC2)cc1.Cl. The van der Waals surface area contributed by atoms with Crippen molar-refractivity contribution in [2.45, 2.75) is 38.1 Å². The number of Topliss-reactive ketones (excluding diaryl/α,β-unsaturated/α-hetero) is 1. The van der Waals surface area contributed by atoms with Crippen molar-refractivity contribution in [3.05, 3.63) is 29.8 Å². The van der Waals surface area contributed by atoms with E-state index in [0.29, 0.717) is 37.3 Å². The monoisotopic (exact) mass is 340 g/mol. The number of hydrogen-bond acceptors (Lipinski definition) is 4. The second-order valence-electron chi connectivity index (χ2n) is 5.81. The lowest BCUT2D eigenvalue weighted by atomic mass is 10.1. The lowest BCUT2D eigenvalue weighted by Crippen LogP contribution is -2.38. The maximum atomic E-state index is 12.0. The second kappa shape index (κ2) is 9.53. The van der Waals surface area contributed by atoms with Crippen LogP contribution >= 0.6 is 12.4 Å². The summed E-state index contributed by atoms with van der Waals surface area (Å²) in [5.41, 5.74) is 6.57. The van der Waals surface area contributed by atoms with Crippen LogP contribution in [-0.2, 0) is 4.79 Å². The number of methoxy groups -OCH3 is 1. The van der Waals surface area contributed by atoms with E-state index in [-0.39, 0.29) is 30.1 Å². The van der Waals surface area contributed by atoms with E-state index in [2.05, 4.69) is 5.32 Å². The number of halogens is 1. The van der Waals surface area contributed by atoms with Gasteiger partial charge in [0.05, 0.1) is 7.11 Å². The van der Waals surface area contributed by atoms with Crippen LogP contribution in [-0.4, -0.2) is 31.4 Å². The molecule has 0 saturated heterocycles. The molecule has 1 unspecified atom stereocenters. The highest BCUT2D eigenvalue weighted by molar-refractivity contribution is 5.96. The molecule has 0 bridgehead atoms. The highest BCUT2D eigenvalue weighted by Crippen LogP contribution is 2.31. The van der Waals surface area contributed by atoms with Gasteiger partial charge in [-0.15, -0.1) is 12.4 Å². The van der Waals surface area contributed by atoms with Crippen molar-refractivity contribution < 1.29 is 14.3 Å². The van der Waals surface area contributed by atoms with Crippen molar-refractivity contribution in [2.24, 2.45) is 11.7 Å². The van der Waals surface area contributed by atoms with Crippen molar-refractivity contribution in [1.29, 1.82) is 0 Å². The van der Waals surface area contributed by atoms with Crippen LogP contribution in [0.5, 0.6) is 5.75 Å². The number of carbonyl (C=O) groups is 2. The molecule has 1 atom stereocenters. The van der Waals surface area contributed by atoms with Gasteiger partial charge in [-0.1, -0.05) is 0 Å². The highest BCUT2D eigenvalue weighted by Gasteiger charge is 2.28. The zero-order valence-electron chi connectivity index (χ0n) is 13.4. The molecule has 1 aliphatic carbocycles. The van der Waals surface area contributed by atoms with Crippen LogP contribution in [0.15, 0.2) is 24.3 Å². The number of nitrogens with two attached hydrogens (primary N) is 1. The van der Waals surface area contributed by atoms with Gasteiger partial charge in [0.25, 0.3) is 0 Å². The first-order valence-corrected chi connectivity index (χ1v) is 7.79. The molecular formula is C17H25ClN2O3. The molecule has 0 heterocycles. The van der Waals surface area contributed by atoms with Crippen molar-refractivity contribution >= 4 is 24.1 Å². The first kappa shape index (κ1) is 19.5. The van der Waals surface area contributed by atoms with E-state index in [1.165, 1.54) is 12.8 Å². The Morgan fingerprint density at radius 2 is 1.91 bits per heavy atom. The molecule has 2 rings (SSSR count). The molecule has 5 nitrogen and oxygen atoms in total. The smallest absolute Gasteiger partial charge is 0.220 e. The number of amides is 1. The molecule has 23 heavy (non-hydrogen) atoms. The number of hydrogen-bond donors (Lipinski definition) is 2. The molecule has 1 aliphatic rings. The minimum Gasteiger partial charge on any atom is -0.497 e. The van der Waals surface area contributed by atoms with Gasteiger partial charge in [-0.3, -0.25) is 9.59 Å². The standard InChI is InChI=1S/C17H24N2O3.ClH/c1-22-14-9-7-13(8-10-14)16(20)3-2-4-17(21)19-11-15(18)12-5-6-12;/h7-10,12,15H,2-6,11,18H2,1H3,(H,19,21);1H. The van der Waals surface area contributed by atoms with Crippen LogP contribution in [0.4, 0.5) is 0 Å². The van der Waals surface area contributed by atoms with Crippen molar-refractivity contribution in [3.63, 3.8) is 0 Å². The van der Waals surface area contributed by atoms with Crippen LogP contribution in [0.3, 0.4) is 0 Å². The fourth-order valence-electron chi connectivity index (χ4n) is 2.34. The maximum Gasteiger partial charge on any atom is 0.220 e. The van der Waals surface area contributed by atoms with E-state index in [1.54, 1.807) is 31.4 Å². The Morgan fingerprint density at radius 3 is 2.48 bits per heavy atom. The van der Waals surface area contributed by atoms with Crippen LogP contribution in [0, 0.1) is 5.92 Å². The summed E-state index contributed by atoms with van der Waals surface area (Å²) in [6, 6.07) is 7.09. The molecule has 0 spiro atoms. The second-order valence-corrected chi connectivity index (χ2v) is 5.81. The van der Waals surface area contributed by atoms with Gasteiger partial charge in [0, 0.05) is 31.0 Å². The summed E-state index contributed by atoms with van der Waals surface area (Å²) in [6.07, 6.45) is 3.63. The number of rotatable bonds is 9. The molecule has 1 aromatic carbocycles. The third kappa shape index (κ3) is 6.59. The highest BCUT2D eigenvalue weighted by atomic mass is 35.5. The van der Waals surface area contributed by atoms with Gasteiger partial charge in [-0.2, -0.15) is 0 Å². The summed E-state index contributed by atoms with van der Waals surface area (Å²) in [5.74, 6) is 1.32. The molecule has 0 radical (unpaired) electrons. The van der Waals surface area contributed by atoms with E-state index >= 15 is 0 Å². The van der Waals surface area contributed by atoms with Crippen molar-refractivity contribution in [1.82, 2.24) is 5.32 Å². The number of ketones is 1. The fraction of sp³-hybridized carbons (Fsp3) is 0.529. The minimum atomic E-state index is -0.0290. The average Bonchev–Trinajstić information content (AvgIpc) is 3.37. The Kier molecular flexibility index (Phi) is 8.06. The largest absolute Gasteiger partial charge is 0.497 e. The minimum absolute atomic E-state index is 0. The first-order valence-electron chi connectivity index (χ1n) is 7.79. The summed E-state index contributed by atoms with van der Waals surface area (Å²) in [6.45, 7) is 0.538. The van der Waals surface area contributed by atoms with E-state index < -0.39 is 0 Å². The summed E-state index contributed by atoms with van der Waals surface area (Å²) >= 11 is 0. The molecule has 3 N–H and O–H groups in total. The average molecular weight is 341 g/mol. The number of carbonyl (C=O) groups excluding carboxylic acids is 2. The Morgan fingerprint density at radius 1 is 1.26 bits per heavy atom. The number of benzene rings is 1. The molecule has 0 aliphatic heterocycles. The predicted molar refractivity (Wildman–Crippen MR) is 92.1 cm³/mol. The Balaban J connectivity index is 0.00000264. The lowest BCUT2D eigenvalue weighted by molar-refractivity contribution is -0.121. The van der Waals surface area contributed by atoms with Gasteiger partial charge >= 0.3 is 0 Å². The van der Waals surface area contributed by atoms with Crippen molar-refractivity contribution in [3.8, 4) is 5.75 Å². The quantitative estimate of drug-likeness (QED) is 0.676. The van der Waals surface area contributed by atoms with Crippen LogP contribution < -0.4 is 15.8 Å². The molecule has 1 amide bonds. The van der Waals surface area contributed by atoms with E-state index in [4.69, 9.17) is 10.5 Å². The van der Waals surface area contributed by atoms with Gasteiger partial charge in [-0.25, -0.2) is 0 Å². The Labute approximate surface area is 143 Å². The molecule has 0 aromatic heterocycles. The predicted octanol–water partition coefficient (Wildman–Crippen LogP) is 2.32. The van der Waals surface area contributed by atoms with Gasteiger partial charge in [0.2, 0.25) is 5.91 Å². The molecular weight excluding hydrogens is 316 g/mol. The van der Waals surface area contributed by atoms with Crippen LogP contribution in [0.25, 0.3) is 0 Å². The topological polar surface area (TPSA) is 81.4 Å². The molecule has 1 aromatic rings. The molecule has 1 fully saturated rings. The first-order chi connectivity index (χ1) is 10.6. The van der Waals surface area contributed by atoms with Gasteiger partial charge in [0.15, 0.2) is 5.78 Å². The number of nitrogens with one attached hydrogen (secondary N) is 1. The van der Waals surface area contributed by atoms with E-state index in [9.17, 15) is 9.59 Å². The summed E-state index contributed by atoms with van der Waals surface area (Å²) in [4.78, 5) is 23.7. The van der Waals surface area contributed by atoms with E-state index in [0.717, 1.165) is 5.75 Å². The zero-order chi connectivity index (χ0) is 15.9. The van der Waals surface area contributed by atoms with Gasteiger partial charge < -0.3 is 15.8 Å². The van der Waals surface area contributed by atoms with E-state index in [1.807, 2.05) is 0 Å². The molecule has 1 saturated carbocycles. The number of ether oxygens (including phenoxy) is 1. The van der Waals surface area contributed by atoms with Gasteiger partial charge in [-0.05, 0) is 49.4 Å². The molecule has 6 heteroatoms. The Bertz CT molecular complexity index is 515. The normalized spacial score (nSPS) is 14.5. The maximum absolute atomic E-state index is 12.0.